The molecule has 3 aliphatic heterocycles. The van der Waals surface area contributed by atoms with Gasteiger partial charge in [0.1, 0.15) is 11.6 Å². The van der Waals surface area contributed by atoms with E-state index in [0.29, 0.717) is 36.5 Å². The summed E-state index contributed by atoms with van der Waals surface area (Å²) in [6.45, 7) is 4.07. The third kappa shape index (κ3) is 3.58. The molecule has 0 aromatic heterocycles. The van der Waals surface area contributed by atoms with Crippen LogP contribution in [0.5, 0.6) is 0 Å². The molecule has 3 heterocycles. The predicted molar refractivity (Wildman–Crippen MR) is 119 cm³/mol. The maximum atomic E-state index is 13.7. The number of carbonyl (C=O) groups is 3. The van der Waals surface area contributed by atoms with Gasteiger partial charge in [-0.1, -0.05) is 25.4 Å². The highest BCUT2D eigenvalue weighted by molar-refractivity contribution is 6.30. The fourth-order valence-electron chi connectivity index (χ4n) is 5.61. The molecule has 1 aromatic rings. The van der Waals surface area contributed by atoms with Crippen molar-refractivity contribution in [1.82, 2.24) is 10.2 Å². The third-order valence-electron chi connectivity index (χ3n) is 7.03. The van der Waals surface area contributed by atoms with E-state index in [4.69, 9.17) is 16.3 Å². The summed E-state index contributed by atoms with van der Waals surface area (Å²) in [7, 11) is 0. The summed E-state index contributed by atoms with van der Waals surface area (Å²) in [6, 6.07) is 5.25. The molecule has 3 fully saturated rings. The normalized spacial score (nSPS) is 31.5. The van der Waals surface area contributed by atoms with Gasteiger partial charge in [-0.2, -0.15) is 0 Å². The molecule has 3 amide bonds. The summed E-state index contributed by atoms with van der Waals surface area (Å²) in [4.78, 5) is 41.7. The van der Waals surface area contributed by atoms with E-state index in [0.717, 1.165) is 6.42 Å². The van der Waals surface area contributed by atoms with E-state index in [9.17, 15) is 19.5 Å². The lowest BCUT2D eigenvalue weighted by Gasteiger charge is -2.36. The van der Waals surface area contributed by atoms with Gasteiger partial charge in [0.25, 0.3) is 0 Å². The van der Waals surface area contributed by atoms with Crippen LogP contribution in [0, 0.1) is 11.8 Å². The number of hydrogen-bond acceptors (Lipinski definition) is 5. The standard InChI is InChI=1S/C23H30ClN3O5/c1-3-11-25-20(29)17-16-9-10-23(32-16)18(17)22(31)27(15(4-2)12-28)19(23)21(30)26-14-7-5-13(24)6-8-14/h5-8,15-19,28H,3-4,9-12H2,1-2H3,(H,25,29)(H,26,30)/t15-,16+,17-,18-,19?,23?/m0/s1. The van der Waals surface area contributed by atoms with Gasteiger partial charge < -0.3 is 25.4 Å². The molecule has 6 atom stereocenters. The number of aliphatic hydroxyl groups is 1. The van der Waals surface area contributed by atoms with E-state index in [1.54, 1.807) is 24.3 Å². The van der Waals surface area contributed by atoms with Crippen LogP contribution in [0.25, 0.3) is 0 Å². The zero-order valence-corrected chi connectivity index (χ0v) is 19.1. The van der Waals surface area contributed by atoms with Crippen LogP contribution < -0.4 is 10.6 Å². The van der Waals surface area contributed by atoms with Crippen LogP contribution in [0.2, 0.25) is 5.02 Å². The number of carbonyl (C=O) groups excluding carboxylic acids is 3. The number of aliphatic hydroxyl groups excluding tert-OH is 1. The number of ether oxygens (including phenoxy) is 1. The monoisotopic (exact) mass is 463 g/mol. The average Bonchev–Trinajstić information content (AvgIpc) is 3.42. The Morgan fingerprint density at radius 3 is 2.62 bits per heavy atom. The highest BCUT2D eigenvalue weighted by Gasteiger charge is 2.74. The van der Waals surface area contributed by atoms with Gasteiger partial charge >= 0.3 is 0 Å². The maximum Gasteiger partial charge on any atom is 0.250 e. The smallest absolute Gasteiger partial charge is 0.250 e. The molecular weight excluding hydrogens is 434 g/mol. The first-order chi connectivity index (χ1) is 15.4. The van der Waals surface area contributed by atoms with E-state index < -0.39 is 29.5 Å². The number of benzene rings is 1. The molecule has 1 spiro atoms. The first kappa shape index (κ1) is 23.0. The van der Waals surface area contributed by atoms with Crippen LogP contribution in [0.4, 0.5) is 5.69 Å². The minimum absolute atomic E-state index is 0.201. The predicted octanol–water partition coefficient (Wildman–Crippen LogP) is 1.95. The molecule has 2 unspecified atom stereocenters. The molecule has 174 valence electrons. The van der Waals surface area contributed by atoms with Crippen LogP contribution in [0.3, 0.4) is 0 Å². The molecule has 9 heteroatoms. The summed E-state index contributed by atoms with van der Waals surface area (Å²) in [5.41, 5.74) is -0.525. The van der Waals surface area contributed by atoms with Crippen molar-refractivity contribution in [3.8, 4) is 0 Å². The summed E-state index contributed by atoms with van der Waals surface area (Å²) >= 11 is 5.95. The lowest BCUT2D eigenvalue weighted by molar-refractivity contribution is -0.144. The highest BCUT2D eigenvalue weighted by atomic mass is 35.5. The van der Waals surface area contributed by atoms with E-state index in [-0.39, 0.29) is 30.4 Å². The van der Waals surface area contributed by atoms with Crippen LogP contribution >= 0.6 is 11.6 Å². The second-order valence-electron chi connectivity index (χ2n) is 8.83. The quantitative estimate of drug-likeness (QED) is 0.546. The Bertz CT molecular complexity index is 890. The van der Waals surface area contributed by atoms with Crippen molar-refractivity contribution in [1.29, 1.82) is 0 Å². The summed E-state index contributed by atoms with van der Waals surface area (Å²) < 4.78 is 6.34. The van der Waals surface area contributed by atoms with Crippen molar-refractivity contribution < 1.29 is 24.2 Å². The van der Waals surface area contributed by atoms with Crippen molar-refractivity contribution >= 4 is 35.0 Å². The molecule has 3 saturated heterocycles. The van der Waals surface area contributed by atoms with Gasteiger partial charge in [-0.15, -0.1) is 0 Å². The molecular formula is C23H30ClN3O5. The zero-order chi connectivity index (χ0) is 23.0. The number of amides is 3. The first-order valence-corrected chi connectivity index (χ1v) is 11.7. The summed E-state index contributed by atoms with van der Waals surface area (Å²) in [5, 5.41) is 16.3. The molecule has 32 heavy (non-hydrogen) atoms. The number of rotatable bonds is 8. The van der Waals surface area contributed by atoms with E-state index >= 15 is 0 Å². The summed E-state index contributed by atoms with van der Waals surface area (Å²) in [6.07, 6.45) is 2.01. The first-order valence-electron chi connectivity index (χ1n) is 11.3. The molecule has 0 radical (unpaired) electrons. The lowest BCUT2D eigenvalue weighted by Crippen LogP contribution is -2.56. The molecule has 4 rings (SSSR count). The van der Waals surface area contributed by atoms with E-state index in [1.807, 2.05) is 13.8 Å². The molecule has 8 nitrogen and oxygen atoms in total. The lowest BCUT2D eigenvalue weighted by atomic mass is 9.70. The molecule has 3 N–H and O–H groups in total. The Morgan fingerprint density at radius 1 is 1.28 bits per heavy atom. The van der Waals surface area contributed by atoms with Crippen molar-refractivity contribution in [2.45, 2.75) is 63.3 Å². The largest absolute Gasteiger partial charge is 0.394 e. The van der Waals surface area contributed by atoms with Gasteiger partial charge in [-0.3, -0.25) is 14.4 Å². The number of anilines is 1. The Labute approximate surface area is 192 Å². The number of hydrogen-bond donors (Lipinski definition) is 3. The Hall–Kier alpha value is -2.16. The van der Waals surface area contributed by atoms with Crippen molar-refractivity contribution in [3.63, 3.8) is 0 Å². The van der Waals surface area contributed by atoms with Gasteiger partial charge in [-0.05, 0) is 49.9 Å². The van der Waals surface area contributed by atoms with E-state index in [2.05, 4.69) is 10.6 Å². The third-order valence-corrected chi connectivity index (χ3v) is 7.28. The van der Waals surface area contributed by atoms with Crippen LogP contribution in [0.1, 0.15) is 39.5 Å². The Kier molecular flexibility index (Phi) is 6.47. The fourth-order valence-corrected chi connectivity index (χ4v) is 5.73. The second kappa shape index (κ2) is 9.00. The number of fused-ring (bicyclic) bond motifs is 1. The van der Waals surface area contributed by atoms with Gasteiger partial charge in [0, 0.05) is 17.3 Å². The molecule has 2 bridgehead atoms. The van der Waals surface area contributed by atoms with Crippen LogP contribution in [0.15, 0.2) is 24.3 Å². The van der Waals surface area contributed by atoms with E-state index in [1.165, 1.54) is 4.90 Å². The Balaban J connectivity index is 1.70. The Morgan fingerprint density at radius 2 is 2.00 bits per heavy atom. The van der Waals surface area contributed by atoms with Gasteiger partial charge in [-0.25, -0.2) is 0 Å². The van der Waals surface area contributed by atoms with Gasteiger partial charge in [0.2, 0.25) is 17.7 Å². The topological polar surface area (TPSA) is 108 Å². The maximum absolute atomic E-state index is 13.7. The zero-order valence-electron chi connectivity index (χ0n) is 18.3. The van der Waals surface area contributed by atoms with Gasteiger partial charge in [0.15, 0.2) is 0 Å². The van der Waals surface area contributed by atoms with Gasteiger partial charge in [0.05, 0.1) is 30.6 Å². The second-order valence-corrected chi connectivity index (χ2v) is 9.27. The highest BCUT2D eigenvalue weighted by Crippen LogP contribution is 2.58. The molecule has 3 aliphatic rings. The summed E-state index contributed by atoms with van der Waals surface area (Å²) in [5.74, 6) is -2.24. The van der Waals surface area contributed by atoms with Crippen molar-refractivity contribution in [2.24, 2.45) is 11.8 Å². The van der Waals surface area contributed by atoms with Crippen molar-refractivity contribution in [3.05, 3.63) is 29.3 Å². The minimum Gasteiger partial charge on any atom is -0.394 e. The number of halogens is 1. The van der Waals surface area contributed by atoms with Crippen molar-refractivity contribution in [2.75, 3.05) is 18.5 Å². The molecule has 1 aromatic carbocycles. The number of likely N-dealkylation sites (tertiary alicyclic amines) is 1. The molecule has 0 saturated carbocycles. The minimum atomic E-state index is -1.07. The number of nitrogens with one attached hydrogen (secondary N) is 2. The molecule has 0 aliphatic carbocycles. The van der Waals surface area contributed by atoms with Crippen LogP contribution in [-0.4, -0.2) is 64.7 Å². The number of nitrogens with zero attached hydrogens (tertiary/aromatic N) is 1. The fraction of sp³-hybridized carbons (Fsp3) is 0.609. The van der Waals surface area contributed by atoms with Crippen LogP contribution in [-0.2, 0) is 19.1 Å². The average molecular weight is 464 g/mol. The SMILES string of the molecule is CCCNC(=O)[C@@H]1[C@H]2C(=O)N([C@@H](CC)CO)C(C(=O)Nc3ccc(Cl)cc3)C23CC[C@H]1O3.